The highest BCUT2D eigenvalue weighted by molar-refractivity contribution is 7.89. The fourth-order valence-corrected chi connectivity index (χ4v) is 4.87. The Balaban J connectivity index is 1.70. The summed E-state index contributed by atoms with van der Waals surface area (Å²) in [5.41, 5.74) is 0.285. The number of morpholine rings is 1. The number of carbonyl (C=O) groups excluding carboxylic acids is 1. The van der Waals surface area contributed by atoms with Gasteiger partial charge >= 0.3 is 0 Å². The van der Waals surface area contributed by atoms with Crippen LogP contribution in [0.25, 0.3) is 0 Å². The zero-order valence-corrected chi connectivity index (χ0v) is 15.0. The molecule has 3 rings (SSSR count). The molecule has 1 spiro atoms. The molecule has 24 heavy (non-hydrogen) atoms. The van der Waals surface area contributed by atoms with Crippen LogP contribution >= 0.6 is 0 Å². The van der Waals surface area contributed by atoms with Crippen LogP contribution in [0.1, 0.15) is 26.2 Å². The van der Waals surface area contributed by atoms with Crippen LogP contribution in [0.2, 0.25) is 0 Å². The van der Waals surface area contributed by atoms with Crippen molar-refractivity contribution in [1.29, 1.82) is 0 Å². The van der Waals surface area contributed by atoms with Gasteiger partial charge in [0.2, 0.25) is 10.0 Å². The summed E-state index contributed by atoms with van der Waals surface area (Å²) < 4.78 is 33.5. The van der Waals surface area contributed by atoms with Crippen LogP contribution in [-0.4, -0.2) is 66.0 Å². The van der Waals surface area contributed by atoms with Gasteiger partial charge in [-0.1, -0.05) is 6.92 Å². The lowest BCUT2D eigenvalue weighted by atomic mass is 9.90. The topological polar surface area (TPSA) is 84.7 Å². The number of sulfonamides is 1. The normalized spacial score (nSPS) is 22.2. The van der Waals surface area contributed by atoms with Crippen molar-refractivity contribution in [3.63, 3.8) is 0 Å². The maximum absolute atomic E-state index is 12.2. The third kappa shape index (κ3) is 3.33. The molecule has 2 saturated heterocycles. The average molecular weight is 356 g/mol. The van der Waals surface area contributed by atoms with Crippen LogP contribution in [0, 0.1) is 0 Å². The number of aromatic nitrogens is 2. The summed E-state index contributed by atoms with van der Waals surface area (Å²) in [6, 6.07) is 0. The van der Waals surface area contributed by atoms with E-state index in [-0.39, 0.29) is 18.3 Å². The van der Waals surface area contributed by atoms with Crippen molar-refractivity contribution >= 4 is 21.6 Å². The van der Waals surface area contributed by atoms with Crippen LogP contribution in [0.4, 0.5) is 5.69 Å². The third-order valence-corrected chi connectivity index (χ3v) is 6.82. The predicted octanol–water partition coefficient (Wildman–Crippen LogP) is 0.358. The Morgan fingerprint density at radius 2 is 2.04 bits per heavy atom. The molecule has 9 heteroatoms. The molecular formula is C15H24N4O4S. The van der Waals surface area contributed by atoms with Gasteiger partial charge in [-0.15, -0.1) is 0 Å². The molecule has 2 aliphatic heterocycles. The van der Waals surface area contributed by atoms with Crippen molar-refractivity contribution in [3.8, 4) is 0 Å². The van der Waals surface area contributed by atoms with E-state index in [4.69, 9.17) is 4.74 Å². The van der Waals surface area contributed by atoms with Gasteiger partial charge in [0.25, 0.3) is 5.91 Å². The Labute approximate surface area is 142 Å². The summed E-state index contributed by atoms with van der Waals surface area (Å²) in [5, 5.41) is 4.12. The number of anilines is 1. The SMILES string of the molecule is CCCS(=O)(=O)N1CCC2(CC1)CN(c1cnn(C)c1)C(=O)CO2. The standard InChI is InChI=1S/C15H24N4O4S/c1-3-8-24(21,22)18-6-4-15(5-7-18)12-19(14(20)11-23-15)13-9-16-17(2)10-13/h9-10H,3-8,11-12H2,1-2H3. The molecule has 0 aliphatic carbocycles. The Kier molecular flexibility index (Phi) is 4.67. The minimum Gasteiger partial charge on any atom is -0.363 e. The number of hydrogen-bond acceptors (Lipinski definition) is 5. The summed E-state index contributed by atoms with van der Waals surface area (Å²) in [6.07, 6.45) is 5.28. The second kappa shape index (κ2) is 6.45. The number of carbonyl (C=O) groups is 1. The molecule has 0 atom stereocenters. The van der Waals surface area contributed by atoms with E-state index in [9.17, 15) is 13.2 Å². The first-order valence-electron chi connectivity index (χ1n) is 8.26. The zero-order chi connectivity index (χ0) is 17.4. The van der Waals surface area contributed by atoms with E-state index in [1.54, 1.807) is 33.3 Å². The van der Waals surface area contributed by atoms with Gasteiger partial charge in [0, 0.05) is 26.3 Å². The molecule has 3 heterocycles. The Hall–Kier alpha value is -1.45. The molecule has 8 nitrogen and oxygen atoms in total. The molecular weight excluding hydrogens is 332 g/mol. The monoisotopic (exact) mass is 356 g/mol. The number of piperidine rings is 1. The van der Waals surface area contributed by atoms with Gasteiger partial charge in [0.05, 0.1) is 29.8 Å². The van der Waals surface area contributed by atoms with Gasteiger partial charge in [-0.25, -0.2) is 12.7 Å². The summed E-state index contributed by atoms with van der Waals surface area (Å²) in [7, 11) is -1.37. The van der Waals surface area contributed by atoms with Crippen molar-refractivity contribution < 1.29 is 17.9 Å². The number of rotatable bonds is 4. The van der Waals surface area contributed by atoms with Crippen LogP contribution < -0.4 is 4.90 Å². The van der Waals surface area contributed by atoms with Gasteiger partial charge in [-0.05, 0) is 19.3 Å². The van der Waals surface area contributed by atoms with Gasteiger partial charge in [0.15, 0.2) is 0 Å². The lowest BCUT2D eigenvalue weighted by Crippen LogP contribution is -2.59. The van der Waals surface area contributed by atoms with Crippen molar-refractivity contribution in [2.24, 2.45) is 7.05 Å². The molecule has 0 radical (unpaired) electrons. The molecule has 0 unspecified atom stereocenters. The van der Waals surface area contributed by atoms with Gasteiger partial charge in [-0.3, -0.25) is 9.48 Å². The quantitative estimate of drug-likeness (QED) is 0.778. The highest BCUT2D eigenvalue weighted by Gasteiger charge is 2.44. The van der Waals surface area contributed by atoms with Gasteiger partial charge in [-0.2, -0.15) is 5.10 Å². The van der Waals surface area contributed by atoms with Crippen molar-refractivity contribution in [1.82, 2.24) is 14.1 Å². The number of hydrogen-bond donors (Lipinski definition) is 0. The zero-order valence-electron chi connectivity index (χ0n) is 14.1. The molecule has 0 aromatic carbocycles. The summed E-state index contributed by atoms with van der Waals surface area (Å²) in [6.45, 7) is 3.22. The number of ether oxygens (including phenoxy) is 1. The summed E-state index contributed by atoms with van der Waals surface area (Å²) in [5.74, 6) is 0.0934. The Morgan fingerprint density at radius 3 is 2.62 bits per heavy atom. The lowest BCUT2D eigenvalue weighted by molar-refractivity contribution is -0.143. The highest BCUT2D eigenvalue weighted by Crippen LogP contribution is 2.33. The molecule has 2 fully saturated rings. The van der Waals surface area contributed by atoms with Crippen LogP contribution in [0.15, 0.2) is 12.4 Å². The fourth-order valence-electron chi connectivity index (χ4n) is 3.36. The van der Waals surface area contributed by atoms with Crippen molar-refractivity contribution in [3.05, 3.63) is 12.4 Å². The molecule has 2 aliphatic rings. The molecule has 134 valence electrons. The smallest absolute Gasteiger partial charge is 0.253 e. The molecule has 1 aromatic rings. The first-order valence-corrected chi connectivity index (χ1v) is 9.87. The maximum atomic E-state index is 12.2. The first kappa shape index (κ1) is 17.4. The van der Waals surface area contributed by atoms with E-state index in [0.29, 0.717) is 38.9 Å². The van der Waals surface area contributed by atoms with Gasteiger partial charge in [0.1, 0.15) is 6.61 Å². The second-order valence-corrected chi connectivity index (χ2v) is 8.63. The largest absolute Gasteiger partial charge is 0.363 e. The average Bonchev–Trinajstić information content (AvgIpc) is 2.97. The summed E-state index contributed by atoms with van der Waals surface area (Å²) in [4.78, 5) is 13.9. The molecule has 0 saturated carbocycles. The molecule has 1 amide bonds. The Morgan fingerprint density at radius 1 is 1.33 bits per heavy atom. The van der Waals surface area contributed by atoms with E-state index in [2.05, 4.69) is 5.10 Å². The van der Waals surface area contributed by atoms with E-state index < -0.39 is 15.6 Å². The van der Waals surface area contributed by atoms with Crippen molar-refractivity contribution in [2.75, 3.05) is 36.9 Å². The number of aryl methyl sites for hydroxylation is 1. The maximum Gasteiger partial charge on any atom is 0.253 e. The van der Waals surface area contributed by atoms with Crippen molar-refractivity contribution in [2.45, 2.75) is 31.8 Å². The van der Waals surface area contributed by atoms with E-state index in [0.717, 1.165) is 5.69 Å². The van der Waals surface area contributed by atoms with Crippen LogP contribution in [0.3, 0.4) is 0 Å². The fraction of sp³-hybridized carbons (Fsp3) is 0.733. The summed E-state index contributed by atoms with van der Waals surface area (Å²) >= 11 is 0. The second-order valence-electron chi connectivity index (χ2n) is 6.54. The van der Waals surface area contributed by atoms with Gasteiger partial charge < -0.3 is 9.64 Å². The molecule has 0 bridgehead atoms. The van der Waals surface area contributed by atoms with Crippen LogP contribution in [-0.2, 0) is 26.6 Å². The lowest BCUT2D eigenvalue weighted by Gasteiger charge is -2.46. The van der Waals surface area contributed by atoms with E-state index in [1.165, 1.54) is 0 Å². The minimum atomic E-state index is -3.18. The number of amides is 1. The number of nitrogens with zero attached hydrogens (tertiary/aromatic N) is 4. The highest BCUT2D eigenvalue weighted by atomic mass is 32.2. The molecule has 0 N–H and O–H groups in total. The minimum absolute atomic E-state index is 0.0244. The third-order valence-electron chi connectivity index (χ3n) is 4.74. The van der Waals surface area contributed by atoms with Crippen LogP contribution in [0.5, 0.6) is 0 Å². The van der Waals surface area contributed by atoms with E-state index in [1.807, 2.05) is 6.92 Å². The first-order chi connectivity index (χ1) is 11.4. The Bertz CT molecular complexity index is 707. The molecule has 1 aromatic heterocycles. The predicted molar refractivity (Wildman–Crippen MR) is 89.1 cm³/mol. The van der Waals surface area contributed by atoms with E-state index >= 15 is 0 Å².